The van der Waals surface area contributed by atoms with Crippen LogP contribution in [0.5, 0.6) is 0 Å². The summed E-state index contributed by atoms with van der Waals surface area (Å²) in [6.45, 7) is 5.18. The van der Waals surface area contributed by atoms with Gasteiger partial charge >= 0.3 is 0 Å². The van der Waals surface area contributed by atoms with Crippen LogP contribution in [0.15, 0.2) is 35.5 Å². The Labute approximate surface area is 142 Å². The van der Waals surface area contributed by atoms with Crippen molar-refractivity contribution < 1.29 is 14.4 Å². The van der Waals surface area contributed by atoms with Gasteiger partial charge in [-0.3, -0.25) is 4.79 Å². The van der Waals surface area contributed by atoms with Crippen molar-refractivity contribution in [1.29, 1.82) is 0 Å². The van der Waals surface area contributed by atoms with E-state index >= 15 is 0 Å². The number of carbonyl (C=O) groups is 1. The van der Waals surface area contributed by atoms with Gasteiger partial charge in [-0.1, -0.05) is 49.3 Å². The lowest BCUT2D eigenvalue weighted by molar-refractivity contribution is -0.162. The highest BCUT2D eigenvalue weighted by molar-refractivity contribution is 6.39. The van der Waals surface area contributed by atoms with E-state index in [9.17, 15) is 4.79 Å². The van der Waals surface area contributed by atoms with Crippen LogP contribution in [0.4, 0.5) is 0 Å². The third-order valence-electron chi connectivity index (χ3n) is 5.86. The summed E-state index contributed by atoms with van der Waals surface area (Å²) in [6, 6.07) is 10.1. The van der Waals surface area contributed by atoms with Crippen molar-refractivity contribution in [2.24, 2.45) is 16.5 Å². The molecular formula is C19H24N2O3. The Bertz CT molecular complexity index is 670. The Morgan fingerprint density at radius 3 is 2.79 bits per heavy atom. The van der Waals surface area contributed by atoms with Crippen LogP contribution in [-0.2, 0) is 14.4 Å². The average molecular weight is 328 g/mol. The Kier molecular flexibility index (Phi) is 3.64. The molecule has 2 fully saturated rings. The van der Waals surface area contributed by atoms with Crippen molar-refractivity contribution in [3.63, 3.8) is 0 Å². The summed E-state index contributed by atoms with van der Waals surface area (Å²) in [7, 11) is 1.89. The maximum Gasteiger partial charge on any atom is 0.271 e. The van der Waals surface area contributed by atoms with Gasteiger partial charge in [-0.05, 0) is 12.0 Å². The summed E-state index contributed by atoms with van der Waals surface area (Å²) < 4.78 is 5.83. The van der Waals surface area contributed by atoms with Crippen molar-refractivity contribution in [2.75, 3.05) is 13.7 Å². The van der Waals surface area contributed by atoms with Crippen molar-refractivity contribution >= 4 is 11.6 Å². The molecule has 24 heavy (non-hydrogen) atoms. The number of hydrogen-bond donors (Lipinski definition) is 0. The van der Waals surface area contributed by atoms with E-state index in [2.05, 4.69) is 19.0 Å². The number of amides is 1. The molecule has 4 rings (SSSR count). The highest BCUT2D eigenvalue weighted by Crippen LogP contribution is 2.54. The molecule has 1 saturated carbocycles. The van der Waals surface area contributed by atoms with E-state index in [0.29, 0.717) is 18.1 Å². The topological polar surface area (TPSA) is 51.1 Å². The number of oxime groups is 1. The van der Waals surface area contributed by atoms with Gasteiger partial charge in [-0.15, -0.1) is 0 Å². The molecule has 0 unspecified atom stereocenters. The third-order valence-corrected chi connectivity index (χ3v) is 5.86. The minimum atomic E-state index is -0.157. The van der Waals surface area contributed by atoms with E-state index < -0.39 is 0 Å². The molecule has 1 aliphatic carbocycles. The first-order valence-electron chi connectivity index (χ1n) is 8.66. The third kappa shape index (κ3) is 2.25. The van der Waals surface area contributed by atoms with Crippen molar-refractivity contribution in [3.8, 4) is 0 Å². The quantitative estimate of drug-likeness (QED) is 0.857. The molecule has 0 bridgehead atoms. The van der Waals surface area contributed by atoms with Crippen LogP contribution < -0.4 is 0 Å². The molecule has 5 nitrogen and oxygen atoms in total. The first-order chi connectivity index (χ1) is 11.5. The van der Waals surface area contributed by atoms with Gasteiger partial charge in [0, 0.05) is 37.5 Å². The van der Waals surface area contributed by atoms with Gasteiger partial charge in [0.05, 0.1) is 6.10 Å². The van der Waals surface area contributed by atoms with Crippen LogP contribution in [0.1, 0.15) is 38.4 Å². The summed E-state index contributed by atoms with van der Waals surface area (Å²) in [5, 5.41) is 4.08. The molecule has 0 aromatic heterocycles. The fraction of sp³-hybridized carbons (Fsp3) is 0.579. The van der Waals surface area contributed by atoms with E-state index in [1.807, 2.05) is 42.3 Å². The SMILES string of the molecule is CN(C(=O)C1=NO[C@H](c2ccccc2)C1)[C@@H]1[C@@H]2CCO[C@H]2C1(C)C. The molecule has 1 aromatic carbocycles. The summed E-state index contributed by atoms with van der Waals surface area (Å²) in [5.74, 6) is 0.429. The number of hydrogen-bond acceptors (Lipinski definition) is 4. The van der Waals surface area contributed by atoms with E-state index in [1.54, 1.807) is 0 Å². The first-order valence-corrected chi connectivity index (χ1v) is 8.66. The Morgan fingerprint density at radius 2 is 2.04 bits per heavy atom. The highest BCUT2D eigenvalue weighted by Gasteiger charge is 2.61. The van der Waals surface area contributed by atoms with Gasteiger partial charge < -0.3 is 14.5 Å². The monoisotopic (exact) mass is 328 g/mol. The van der Waals surface area contributed by atoms with Gasteiger partial charge in [0.2, 0.25) is 0 Å². The Hall–Kier alpha value is -1.88. The molecular weight excluding hydrogens is 304 g/mol. The van der Waals surface area contributed by atoms with E-state index in [4.69, 9.17) is 9.57 Å². The zero-order valence-corrected chi connectivity index (χ0v) is 14.4. The Balaban J connectivity index is 1.45. The fourth-order valence-corrected chi connectivity index (χ4v) is 4.76. The second kappa shape index (κ2) is 5.59. The van der Waals surface area contributed by atoms with E-state index in [-0.39, 0.29) is 29.6 Å². The maximum absolute atomic E-state index is 12.9. The van der Waals surface area contributed by atoms with Crippen LogP contribution in [0, 0.1) is 11.3 Å². The maximum atomic E-state index is 12.9. The molecule has 1 amide bonds. The van der Waals surface area contributed by atoms with Crippen LogP contribution >= 0.6 is 0 Å². The lowest BCUT2D eigenvalue weighted by Gasteiger charge is -2.57. The highest BCUT2D eigenvalue weighted by atomic mass is 16.6. The van der Waals surface area contributed by atoms with Gasteiger partial charge in [0.1, 0.15) is 5.71 Å². The number of rotatable bonds is 3. The summed E-state index contributed by atoms with van der Waals surface area (Å²) in [5.41, 5.74) is 1.56. The molecule has 3 aliphatic rings. The molecule has 0 spiro atoms. The molecule has 5 heteroatoms. The van der Waals surface area contributed by atoms with Gasteiger partial charge in [-0.2, -0.15) is 0 Å². The molecule has 0 N–H and O–H groups in total. The van der Waals surface area contributed by atoms with Gasteiger partial charge in [0.25, 0.3) is 5.91 Å². The number of nitrogens with zero attached hydrogens (tertiary/aromatic N) is 2. The normalized spacial score (nSPS) is 33.2. The van der Waals surface area contributed by atoms with Crippen LogP contribution in [0.2, 0.25) is 0 Å². The van der Waals surface area contributed by atoms with Crippen LogP contribution in [0.3, 0.4) is 0 Å². The summed E-state index contributed by atoms with van der Waals surface area (Å²) in [6.07, 6.45) is 1.68. The smallest absolute Gasteiger partial charge is 0.271 e. The number of benzene rings is 1. The number of carbonyl (C=O) groups excluding carboxylic acids is 1. The molecule has 2 aliphatic heterocycles. The minimum absolute atomic E-state index is 0.00949. The molecule has 4 atom stereocenters. The average Bonchev–Trinajstić information content (AvgIpc) is 3.23. The number of ether oxygens (including phenoxy) is 1. The molecule has 2 heterocycles. The second-order valence-electron chi connectivity index (χ2n) is 7.67. The minimum Gasteiger partial charge on any atom is -0.387 e. The van der Waals surface area contributed by atoms with Crippen molar-refractivity contribution in [3.05, 3.63) is 35.9 Å². The molecule has 0 radical (unpaired) electrons. The lowest BCUT2D eigenvalue weighted by atomic mass is 9.56. The number of fused-ring (bicyclic) bond motifs is 1. The summed E-state index contributed by atoms with van der Waals surface area (Å²) >= 11 is 0. The second-order valence-corrected chi connectivity index (χ2v) is 7.67. The van der Waals surface area contributed by atoms with Gasteiger partial charge in [-0.25, -0.2) is 0 Å². The van der Waals surface area contributed by atoms with Crippen LogP contribution in [-0.4, -0.2) is 42.3 Å². The molecule has 1 aromatic rings. The predicted molar refractivity (Wildman–Crippen MR) is 90.5 cm³/mol. The van der Waals surface area contributed by atoms with E-state index in [1.165, 1.54) is 0 Å². The lowest BCUT2D eigenvalue weighted by Crippen LogP contribution is -2.67. The first kappa shape index (κ1) is 15.6. The molecule has 128 valence electrons. The van der Waals surface area contributed by atoms with Gasteiger partial charge in [0.15, 0.2) is 6.10 Å². The summed E-state index contributed by atoms with van der Waals surface area (Å²) in [4.78, 5) is 20.3. The zero-order valence-electron chi connectivity index (χ0n) is 14.4. The van der Waals surface area contributed by atoms with E-state index in [0.717, 1.165) is 18.6 Å². The zero-order chi connectivity index (χ0) is 16.9. The largest absolute Gasteiger partial charge is 0.387 e. The predicted octanol–water partition coefficient (Wildman–Crippen LogP) is 2.78. The van der Waals surface area contributed by atoms with Crippen LogP contribution in [0.25, 0.3) is 0 Å². The molecule has 1 saturated heterocycles. The van der Waals surface area contributed by atoms with Crippen molar-refractivity contribution in [2.45, 2.75) is 44.9 Å². The standard InChI is InChI=1S/C19H24N2O3/c1-19(2)16(13-9-10-23-17(13)19)21(3)18(22)14-11-15(24-20-14)12-7-5-4-6-8-12/h4-8,13,15-17H,9-11H2,1-3H3/t13-,15-,16+,17+/m0/s1. The Morgan fingerprint density at radius 1 is 1.29 bits per heavy atom. The fourth-order valence-electron chi connectivity index (χ4n) is 4.76. The van der Waals surface area contributed by atoms with Crippen molar-refractivity contribution in [1.82, 2.24) is 4.90 Å².